The molecule has 1 aromatic carbocycles. The van der Waals surface area contributed by atoms with Gasteiger partial charge in [0.15, 0.2) is 0 Å². The average molecular weight is 282 g/mol. The SMILES string of the molecule is OC(CCc1ccncc1)c1cc(Cl)ccc1Cl. The Balaban J connectivity index is 2.03. The number of aliphatic hydroxyl groups is 1. The van der Waals surface area contributed by atoms with Gasteiger partial charge in [-0.1, -0.05) is 23.2 Å². The largest absolute Gasteiger partial charge is 0.388 e. The molecule has 0 radical (unpaired) electrons. The number of pyridine rings is 1. The summed E-state index contributed by atoms with van der Waals surface area (Å²) in [5, 5.41) is 11.3. The van der Waals surface area contributed by atoms with Crippen molar-refractivity contribution in [2.75, 3.05) is 0 Å². The van der Waals surface area contributed by atoms with E-state index in [1.54, 1.807) is 30.6 Å². The Morgan fingerprint density at radius 2 is 1.83 bits per heavy atom. The van der Waals surface area contributed by atoms with Crippen LogP contribution >= 0.6 is 23.2 Å². The van der Waals surface area contributed by atoms with E-state index in [0.717, 1.165) is 12.0 Å². The zero-order valence-electron chi connectivity index (χ0n) is 9.68. The Morgan fingerprint density at radius 1 is 1.11 bits per heavy atom. The first-order valence-electron chi connectivity index (χ1n) is 5.69. The van der Waals surface area contributed by atoms with Gasteiger partial charge in [-0.2, -0.15) is 0 Å². The van der Waals surface area contributed by atoms with Gasteiger partial charge in [-0.3, -0.25) is 4.98 Å². The molecule has 2 aromatic rings. The van der Waals surface area contributed by atoms with E-state index in [1.165, 1.54) is 0 Å². The maximum Gasteiger partial charge on any atom is 0.0808 e. The molecule has 0 spiro atoms. The van der Waals surface area contributed by atoms with Crippen LogP contribution in [0.15, 0.2) is 42.7 Å². The Kier molecular flexibility index (Phi) is 4.59. The van der Waals surface area contributed by atoms with Crippen molar-refractivity contribution in [2.45, 2.75) is 18.9 Å². The van der Waals surface area contributed by atoms with Crippen molar-refractivity contribution in [2.24, 2.45) is 0 Å². The Hall–Kier alpha value is -1.09. The van der Waals surface area contributed by atoms with Gasteiger partial charge in [0, 0.05) is 28.0 Å². The minimum Gasteiger partial charge on any atom is -0.388 e. The van der Waals surface area contributed by atoms with Crippen LogP contribution in [0.5, 0.6) is 0 Å². The summed E-state index contributed by atoms with van der Waals surface area (Å²) in [7, 11) is 0. The second-order valence-electron chi connectivity index (χ2n) is 4.08. The van der Waals surface area contributed by atoms with Crippen LogP contribution in [0.4, 0.5) is 0 Å². The molecule has 1 unspecified atom stereocenters. The quantitative estimate of drug-likeness (QED) is 0.917. The van der Waals surface area contributed by atoms with Gasteiger partial charge < -0.3 is 5.11 Å². The lowest BCUT2D eigenvalue weighted by Gasteiger charge is -2.13. The van der Waals surface area contributed by atoms with E-state index in [2.05, 4.69) is 4.98 Å². The fraction of sp³-hybridized carbons (Fsp3) is 0.214. The summed E-state index contributed by atoms with van der Waals surface area (Å²) >= 11 is 11.9. The van der Waals surface area contributed by atoms with Crippen molar-refractivity contribution in [1.29, 1.82) is 0 Å². The van der Waals surface area contributed by atoms with Gasteiger partial charge in [0.2, 0.25) is 0 Å². The van der Waals surface area contributed by atoms with Crippen LogP contribution in [0.1, 0.15) is 23.7 Å². The molecule has 1 heterocycles. The lowest BCUT2D eigenvalue weighted by atomic mass is 10.0. The van der Waals surface area contributed by atoms with E-state index >= 15 is 0 Å². The van der Waals surface area contributed by atoms with Gasteiger partial charge in [-0.15, -0.1) is 0 Å². The van der Waals surface area contributed by atoms with Crippen molar-refractivity contribution in [3.63, 3.8) is 0 Å². The smallest absolute Gasteiger partial charge is 0.0808 e. The monoisotopic (exact) mass is 281 g/mol. The molecule has 18 heavy (non-hydrogen) atoms. The summed E-state index contributed by atoms with van der Waals surface area (Å²) in [4.78, 5) is 3.96. The van der Waals surface area contributed by atoms with Crippen LogP contribution in [0, 0.1) is 0 Å². The minimum absolute atomic E-state index is 0.543. The van der Waals surface area contributed by atoms with Gasteiger partial charge in [-0.05, 0) is 48.7 Å². The number of nitrogens with zero attached hydrogens (tertiary/aromatic N) is 1. The second-order valence-corrected chi connectivity index (χ2v) is 4.92. The molecule has 2 nitrogen and oxygen atoms in total. The van der Waals surface area contributed by atoms with Crippen LogP contribution in [0.3, 0.4) is 0 Å². The Labute approximate surface area is 116 Å². The fourth-order valence-electron chi connectivity index (χ4n) is 1.78. The number of aryl methyl sites for hydroxylation is 1. The predicted octanol–water partition coefficient (Wildman–Crippen LogP) is 4.05. The molecule has 0 aliphatic carbocycles. The number of aromatic nitrogens is 1. The lowest BCUT2D eigenvalue weighted by molar-refractivity contribution is 0.168. The molecule has 0 saturated heterocycles. The summed E-state index contributed by atoms with van der Waals surface area (Å²) in [5.74, 6) is 0. The highest BCUT2D eigenvalue weighted by Crippen LogP contribution is 2.28. The molecule has 0 saturated carbocycles. The Morgan fingerprint density at radius 3 is 2.56 bits per heavy atom. The third kappa shape index (κ3) is 3.45. The molecule has 2 rings (SSSR count). The molecule has 0 bridgehead atoms. The highest BCUT2D eigenvalue weighted by Gasteiger charge is 2.12. The molecular formula is C14H13Cl2NO. The van der Waals surface area contributed by atoms with E-state index in [0.29, 0.717) is 22.0 Å². The van der Waals surface area contributed by atoms with Gasteiger partial charge in [-0.25, -0.2) is 0 Å². The number of rotatable bonds is 4. The number of benzene rings is 1. The lowest BCUT2D eigenvalue weighted by Crippen LogP contribution is -2.00. The molecular weight excluding hydrogens is 269 g/mol. The molecule has 4 heteroatoms. The summed E-state index contributed by atoms with van der Waals surface area (Å²) in [5.41, 5.74) is 1.82. The van der Waals surface area contributed by atoms with E-state index in [-0.39, 0.29) is 0 Å². The number of hydrogen-bond donors (Lipinski definition) is 1. The van der Waals surface area contributed by atoms with Crippen molar-refractivity contribution < 1.29 is 5.11 Å². The summed E-state index contributed by atoms with van der Waals surface area (Å²) in [6.07, 6.45) is 4.25. The number of aliphatic hydroxyl groups excluding tert-OH is 1. The molecule has 0 aliphatic rings. The molecule has 0 amide bonds. The molecule has 0 fully saturated rings. The normalized spacial score (nSPS) is 12.4. The average Bonchev–Trinajstić information content (AvgIpc) is 2.40. The standard InChI is InChI=1S/C14H13Cl2NO/c15-11-2-3-13(16)12(9-11)14(18)4-1-10-5-7-17-8-6-10/h2-3,5-9,14,18H,1,4H2. The highest BCUT2D eigenvalue weighted by atomic mass is 35.5. The van der Waals surface area contributed by atoms with E-state index < -0.39 is 6.10 Å². The molecule has 0 aliphatic heterocycles. The Bertz CT molecular complexity index is 516. The van der Waals surface area contributed by atoms with Crippen molar-refractivity contribution in [1.82, 2.24) is 4.98 Å². The topological polar surface area (TPSA) is 33.1 Å². The van der Waals surface area contributed by atoms with E-state index in [4.69, 9.17) is 23.2 Å². The van der Waals surface area contributed by atoms with Gasteiger partial charge >= 0.3 is 0 Å². The minimum atomic E-state index is -0.607. The maximum absolute atomic E-state index is 10.1. The summed E-state index contributed by atoms with van der Waals surface area (Å²) in [6.45, 7) is 0. The maximum atomic E-state index is 10.1. The van der Waals surface area contributed by atoms with Crippen LogP contribution in [-0.4, -0.2) is 10.1 Å². The van der Waals surface area contributed by atoms with Crippen LogP contribution in [0.2, 0.25) is 10.0 Å². The molecule has 1 N–H and O–H groups in total. The first kappa shape index (κ1) is 13.3. The van der Waals surface area contributed by atoms with Gasteiger partial charge in [0.1, 0.15) is 0 Å². The second kappa shape index (κ2) is 6.19. The van der Waals surface area contributed by atoms with Crippen molar-refractivity contribution >= 4 is 23.2 Å². The molecule has 1 atom stereocenters. The van der Waals surface area contributed by atoms with Crippen LogP contribution in [0.25, 0.3) is 0 Å². The van der Waals surface area contributed by atoms with Gasteiger partial charge in [0.05, 0.1) is 6.10 Å². The molecule has 1 aromatic heterocycles. The van der Waals surface area contributed by atoms with Crippen molar-refractivity contribution in [3.05, 3.63) is 63.9 Å². The first-order valence-corrected chi connectivity index (χ1v) is 6.44. The fourth-order valence-corrected chi connectivity index (χ4v) is 2.20. The van der Waals surface area contributed by atoms with E-state index in [9.17, 15) is 5.11 Å². The van der Waals surface area contributed by atoms with Crippen molar-refractivity contribution in [3.8, 4) is 0 Å². The number of halogens is 2. The van der Waals surface area contributed by atoms with Gasteiger partial charge in [0.25, 0.3) is 0 Å². The predicted molar refractivity (Wildman–Crippen MR) is 74.0 cm³/mol. The summed E-state index contributed by atoms with van der Waals surface area (Å²) < 4.78 is 0. The third-order valence-corrected chi connectivity index (χ3v) is 3.35. The molecule has 94 valence electrons. The van der Waals surface area contributed by atoms with Crippen LogP contribution < -0.4 is 0 Å². The zero-order chi connectivity index (χ0) is 13.0. The highest BCUT2D eigenvalue weighted by molar-refractivity contribution is 6.33. The summed E-state index contributed by atoms with van der Waals surface area (Å²) in [6, 6.07) is 9.00. The third-order valence-electron chi connectivity index (χ3n) is 2.77. The van der Waals surface area contributed by atoms with Crippen LogP contribution in [-0.2, 0) is 6.42 Å². The van der Waals surface area contributed by atoms with E-state index in [1.807, 2.05) is 12.1 Å². The zero-order valence-corrected chi connectivity index (χ0v) is 11.2. The first-order chi connectivity index (χ1) is 8.66. The number of hydrogen-bond acceptors (Lipinski definition) is 2.